The van der Waals surface area contributed by atoms with Crippen LogP contribution in [0.1, 0.15) is 57.8 Å². The van der Waals surface area contributed by atoms with Gasteiger partial charge >= 0.3 is 0 Å². The van der Waals surface area contributed by atoms with E-state index in [0.29, 0.717) is 28.2 Å². The Hall–Kier alpha value is -3.23. The summed E-state index contributed by atoms with van der Waals surface area (Å²) >= 11 is 1.54. The van der Waals surface area contributed by atoms with E-state index in [1.807, 2.05) is 13.8 Å². The highest BCUT2D eigenvalue weighted by Crippen LogP contribution is 2.37. The van der Waals surface area contributed by atoms with E-state index >= 15 is 0 Å². The highest BCUT2D eigenvalue weighted by Gasteiger charge is 2.22. The van der Waals surface area contributed by atoms with E-state index in [2.05, 4.69) is 27.5 Å². The van der Waals surface area contributed by atoms with Crippen molar-refractivity contribution in [2.45, 2.75) is 52.4 Å². The molecular formula is C21H20N6OS. The average molecular weight is 404 g/mol. The molecule has 3 heterocycles. The van der Waals surface area contributed by atoms with E-state index in [-0.39, 0.29) is 12.3 Å². The monoisotopic (exact) mass is 404 g/mol. The van der Waals surface area contributed by atoms with Gasteiger partial charge < -0.3 is 5.32 Å². The minimum atomic E-state index is -0.114. The number of aryl methyl sites for hydroxylation is 3. The van der Waals surface area contributed by atoms with Crippen molar-refractivity contribution in [3.05, 3.63) is 44.7 Å². The lowest BCUT2D eigenvalue weighted by atomic mass is 9.96. The number of nitrogens with zero attached hydrogens (tertiary/aromatic N) is 5. The number of anilines is 1. The number of fused-ring (bicyclic) bond motifs is 2. The first-order valence-electron chi connectivity index (χ1n) is 9.62. The lowest BCUT2D eigenvalue weighted by molar-refractivity contribution is -0.116. The maximum atomic E-state index is 12.6. The van der Waals surface area contributed by atoms with Crippen LogP contribution in [0.5, 0.6) is 0 Å². The molecule has 1 N–H and O–H groups in total. The lowest BCUT2D eigenvalue weighted by Gasteiger charge is -2.11. The van der Waals surface area contributed by atoms with Crippen molar-refractivity contribution in [3.8, 4) is 12.1 Å². The second kappa shape index (κ2) is 7.65. The minimum Gasteiger partial charge on any atom is -0.317 e. The van der Waals surface area contributed by atoms with Gasteiger partial charge in [0.05, 0.1) is 11.8 Å². The van der Waals surface area contributed by atoms with E-state index in [4.69, 9.17) is 0 Å². The van der Waals surface area contributed by atoms with Crippen LogP contribution in [0.4, 0.5) is 5.00 Å². The summed E-state index contributed by atoms with van der Waals surface area (Å²) in [5.41, 5.74) is 5.35. The molecule has 1 amide bonds. The molecule has 0 unspecified atom stereocenters. The average Bonchev–Trinajstić information content (AvgIpc) is 3.27. The highest BCUT2D eigenvalue weighted by atomic mass is 32.1. The van der Waals surface area contributed by atoms with Crippen molar-refractivity contribution in [3.63, 3.8) is 0 Å². The quantitative estimate of drug-likeness (QED) is 0.715. The van der Waals surface area contributed by atoms with Crippen LogP contribution < -0.4 is 5.32 Å². The first-order chi connectivity index (χ1) is 14.0. The first-order valence-corrected chi connectivity index (χ1v) is 10.4. The molecule has 0 saturated heterocycles. The molecule has 0 aliphatic heterocycles. The molecule has 0 atom stereocenters. The van der Waals surface area contributed by atoms with Crippen molar-refractivity contribution >= 4 is 27.9 Å². The summed E-state index contributed by atoms with van der Waals surface area (Å²) in [6.07, 6.45) is 6.46. The van der Waals surface area contributed by atoms with Gasteiger partial charge in [-0.3, -0.25) is 4.79 Å². The fraction of sp³-hybridized carbons (Fsp3) is 0.381. The highest BCUT2D eigenvalue weighted by molar-refractivity contribution is 7.16. The van der Waals surface area contributed by atoms with Crippen LogP contribution in [0.2, 0.25) is 0 Å². The maximum absolute atomic E-state index is 12.6. The molecule has 146 valence electrons. The molecule has 1 aliphatic rings. The predicted octanol–water partition coefficient (Wildman–Crippen LogP) is 3.60. The molecule has 0 aromatic carbocycles. The number of rotatable bonds is 4. The zero-order chi connectivity index (χ0) is 20.5. The Kier molecular flexibility index (Phi) is 5.04. The molecular weight excluding hydrogens is 384 g/mol. The van der Waals surface area contributed by atoms with E-state index in [1.54, 1.807) is 4.52 Å². The second-order valence-electron chi connectivity index (χ2n) is 7.24. The Morgan fingerprint density at radius 2 is 2.07 bits per heavy atom. The van der Waals surface area contributed by atoms with Crippen LogP contribution >= 0.6 is 11.3 Å². The summed E-state index contributed by atoms with van der Waals surface area (Å²) < 4.78 is 1.65. The van der Waals surface area contributed by atoms with Gasteiger partial charge in [-0.2, -0.15) is 15.6 Å². The topological polar surface area (TPSA) is 107 Å². The summed E-state index contributed by atoms with van der Waals surface area (Å²) in [7, 11) is 0. The van der Waals surface area contributed by atoms with Gasteiger partial charge in [-0.1, -0.05) is 0 Å². The summed E-state index contributed by atoms with van der Waals surface area (Å²) in [5, 5.41) is 26.6. The largest absolute Gasteiger partial charge is 0.317 e. The number of nitriles is 2. The summed E-state index contributed by atoms with van der Waals surface area (Å²) in [6, 6.07) is 4.37. The zero-order valence-corrected chi connectivity index (χ0v) is 17.2. The third-order valence-corrected chi connectivity index (χ3v) is 6.67. The molecule has 3 aromatic rings. The van der Waals surface area contributed by atoms with Crippen molar-refractivity contribution in [1.29, 1.82) is 10.5 Å². The van der Waals surface area contributed by atoms with Gasteiger partial charge in [0.15, 0.2) is 5.65 Å². The summed E-state index contributed by atoms with van der Waals surface area (Å²) in [5.74, 6) is -0.114. The Morgan fingerprint density at radius 3 is 2.83 bits per heavy atom. The van der Waals surface area contributed by atoms with Crippen LogP contribution in [-0.4, -0.2) is 20.5 Å². The van der Waals surface area contributed by atoms with Gasteiger partial charge in [-0.15, -0.1) is 11.3 Å². The fourth-order valence-electron chi connectivity index (χ4n) is 3.95. The molecule has 29 heavy (non-hydrogen) atoms. The zero-order valence-electron chi connectivity index (χ0n) is 16.4. The van der Waals surface area contributed by atoms with Crippen molar-refractivity contribution < 1.29 is 4.79 Å². The molecule has 8 heteroatoms. The molecule has 7 nitrogen and oxygen atoms in total. The number of hydrogen-bond acceptors (Lipinski definition) is 6. The van der Waals surface area contributed by atoms with Crippen LogP contribution in [0, 0.1) is 36.5 Å². The number of thiophene rings is 1. The van der Waals surface area contributed by atoms with Crippen molar-refractivity contribution in [2.24, 2.45) is 0 Å². The molecule has 0 saturated carbocycles. The Bertz CT molecular complexity index is 1210. The van der Waals surface area contributed by atoms with Crippen molar-refractivity contribution in [1.82, 2.24) is 14.6 Å². The third kappa shape index (κ3) is 3.37. The second-order valence-corrected chi connectivity index (χ2v) is 8.35. The normalized spacial score (nSPS) is 13.0. The van der Waals surface area contributed by atoms with Crippen LogP contribution in [0.3, 0.4) is 0 Å². The van der Waals surface area contributed by atoms with Crippen LogP contribution in [0.15, 0.2) is 6.20 Å². The number of nitrogens with one attached hydrogen (secondary N) is 1. The van der Waals surface area contributed by atoms with Crippen LogP contribution in [0.25, 0.3) is 5.65 Å². The maximum Gasteiger partial charge on any atom is 0.225 e. The first kappa shape index (κ1) is 19.1. The third-order valence-electron chi connectivity index (χ3n) is 5.47. The van der Waals surface area contributed by atoms with Crippen LogP contribution in [-0.2, 0) is 24.1 Å². The number of carbonyl (C=O) groups is 1. The molecule has 0 bridgehead atoms. The van der Waals surface area contributed by atoms with Crippen molar-refractivity contribution in [2.75, 3.05) is 5.32 Å². The predicted molar refractivity (Wildman–Crippen MR) is 110 cm³/mol. The van der Waals surface area contributed by atoms with Gasteiger partial charge in [0.2, 0.25) is 5.91 Å². The molecule has 1 aliphatic carbocycles. The van der Waals surface area contributed by atoms with E-state index < -0.39 is 0 Å². The Labute approximate surface area is 172 Å². The van der Waals surface area contributed by atoms with Gasteiger partial charge in [-0.25, -0.2) is 9.50 Å². The van der Waals surface area contributed by atoms with E-state index in [0.717, 1.165) is 48.2 Å². The molecule has 3 aromatic heterocycles. The number of aromatic nitrogens is 3. The molecule has 0 fully saturated rings. The van der Waals surface area contributed by atoms with Gasteiger partial charge in [-0.05, 0) is 57.1 Å². The molecule has 0 spiro atoms. The smallest absolute Gasteiger partial charge is 0.225 e. The lowest BCUT2D eigenvalue weighted by Crippen LogP contribution is -2.14. The Balaban J connectivity index is 1.52. The summed E-state index contributed by atoms with van der Waals surface area (Å²) in [6.45, 7) is 3.81. The van der Waals surface area contributed by atoms with E-state index in [9.17, 15) is 15.3 Å². The fourth-order valence-corrected chi connectivity index (χ4v) is 5.21. The van der Waals surface area contributed by atoms with Gasteiger partial charge in [0, 0.05) is 22.7 Å². The number of amides is 1. The standard InChI is InChI=1S/C21H20N6OS/c1-12-15(13(2)27-20(25-12)14(9-22)11-24-27)7-8-19(28)26-21-17(10-23)16-5-3-4-6-18(16)29-21/h11H,3-8H2,1-2H3,(H,26,28). The SMILES string of the molecule is Cc1nc2c(C#N)cnn2c(C)c1CCC(=O)Nc1sc2c(c1C#N)CCCC2. The number of carbonyl (C=O) groups excluding carboxylic acids is 1. The van der Waals surface area contributed by atoms with Gasteiger partial charge in [0.1, 0.15) is 22.7 Å². The molecule has 4 rings (SSSR count). The molecule has 0 radical (unpaired) electrons. The van der Waals surface area contributed by atoms with Gasteiger partial charge in [0.25, 0.3) is 0 Å². The number of hydrogen-bond donors (Lipinski definition) is 1. The van der Waals surface area contributed by atoms with E-state index in [1.165, 1.54) is 22.4 Å². The Morgan fingerprint density at radius 1 is 1.28 bits per heavy atom. The minimum absolute atomic E-state index is 0.114. The summed E-state index contributed by atoms with van der Waals surface area (Å²) in [4.78, 5) is 18.3.